The first-order chi connectivity index (χ1) is 9.06. The van der Waals surface area contributed by atoms with E-state index in [4.69, 9.17) is 0 Å². The lowest BCUT2D eigenvalue weighted by Crippen LogP contribution is -2.07. The molecule has 0 spiro atoms. The number of halogens is 1. The van der Waals surface area contributed by atoms with Gasteiger partial charge in [-0.25, -0.2) is 0 Å². The lowest BCUT2D eigenvalue weighted by Gasteiger charge is -2.01. The summed E-state index contributed by atoms with van der Waals surface area (Å²) in [5, 5.41) is 4.42. The number of rotatable bonds is 5. The molecule has 0 aliphatic heterocycles. The highest BCUT2D eigenvalue weighted by Gasteiger charge is 2.17. The Labute approximate surface area is 125 Å². The Kier molecular flexibility index (Phi) is 4.58. The topological polar surface area (TPSA) is 34.9 Å². The van der Waals surface area contributed by atoms with Crippen LogP contribution in [0.25, 0.3) is 0 Å². The fourth-order valence-corrected chi connectivity index (χ4v) is 3.61. The molecule has 2 aromatic heterocycles. The molecule has 102 valence electrons. The van der Waals surface area contributed by atoms with Crippen molar-refractivity contribution in [2.24, 2.45) is 7.05 Å². The average Bonchev–Trinajstić information content (AvgIpc) is 2.98. The highest BCUT2D eigenvalue weighted by atomic mass is 79.9. The van der Waals surface area contributed by atoms with Crippen molar-refractivity contribution < 1.29 is 4.79 Å². The number of ketones is 1. The fourth-order valence-electron chi connectivity index (χ4n) is 1.97. The molecule has 0 amide bonds. The standard InChI is InChI=1S/C14H17BrN2OS/c1-4-9-6-7-13(19-9)12(18)8-11-14(15)10(5-2)16-17(11)3/h6-7H,4-5,8H2,1-3H3. The van der Waals surface area contributed by atoms with Crippen LogP contribution in [0.5, 0.6) is 0 Å². The molecule has 2 aromatic rings. The van der Waals surface area contributed by atoms with Crippen molar-refractivity contribution in [3.8, 4) is 0 Å². The summed E-state index contributed by atoms with van der Waals surface area (Å²) >= 11 is 5.14. The molecule has 0 atom stereocenters. The van der Waals surface area contributed by atoms with E-state index in [1.165, 1.54) is 4.88 Å². The first-order valence-electron chi connectivity index (χ1n) is 6.38. The maximum Gasteiger partial charge on any atom is 0.178 e. The van der Waals surface area contributed by atoms with Crippen LogP contribution in [-0.4, -0.2) is 15.6 Å². The molecular weight excluding hydrogens is 324 g/mol. The molecule has 0 radical (unpaired) electrons. The van der Waals surface area contributed by atoms with Crippen molar-refractivity contribution in [1.82, 2.24) is 9.78 Å². The van der Waals surface area contributed by atoms with Crippen molar-refractivity contribution in [2.75, 3.05) is 0 Å². The Morgan fingerprint density at radius 1 is 1.37 bits per heavy atom. The van der Waals surface area contributed by atoms with Gasteiger partial charge in [0.05, 0.1) is 27.2 Å². The number of aromatic nitrogens is 2. The van der Waals surface area contributed by atoms with Crippen molar-refractivity contribution in [2.45, 2.75) is 33.1 Å². The molecule has 5 heteroatoms. The summed E-state index contributed by atoms with van der Waals surface area (Å²) < 4.78 is 2.77. The molecular formula is C14H17BrN2OS. The van der Waals surface area contributed by atoms with Crippen LogP contribution in [0.1, 0.15) is 39.8 Å². The lowest BCUT2D eigenvalue weighted by molar-refractivity contribution is 0.0994. The van der Waals surface area contributed by atoms with Gasteiger partial charge in [-0.3, -0.25) is 9.48 Å². The van der Waals surface area contributed by atoms with Gasteiger partial charge in [-0.1, -0.05) is 13.8 Å². The van der Waals surface area contributed by atoms with Crippen molar-refractivity contribution in [3.63, 3.8) is 0 Å². The highest BCUT2D eigenvalue weighted by molar-refractivity contribution is 9.10. The monoisotopic (exact) mass is 340 g/mol. The van der Waals surface area contributed by atoms with Gasteiger partial charge in [0.15, 0.2) is 5.78 Å². The zero-order valence-electron chi connectivity index (χ0n) is 11.4. The molecule has 2 heterocycles. The summed E-state index contributed by atoms with van der Waals surface area (Å²) in [7, 11) is 1.89. The lowest BCUT2D eigenvalue weighted by atomic mass is 10.1. The predicted molar refractivity (Wildman–Crippen MR) is 82.0 cm³/mol. The number of carbonyl (C=O) groups excluding carboxylic acids is 1. The highest BCUT2D eigenvalue weighted by Crippen LogP contribution is 2.24. The van der Waals surface area contributed by atoms with Crippen LogP contribution in [0.3, 0.4) is 0 Å². The molecule has 0 unspecified atom stereocenters. The fraction of sp³-hybridized carbons (Fsp3) is 0.429. The van der Waals surface area contributed by atoms with Gasteiger partial charge in [0.2, 0.25) is 0 Å². The third-order valence-electron chi connectivity index (χ3n) is 3.12. The molecule has 19 heavy (non-hydrogen) atoms. The van der Waals surface area contributed by atoms with E-state index in [0.717, 1.165) is 33.6 Å². The zero-order chi connectivity index (χ0) is 14.0. The van der Waals surface area contributed by atoms with Gasteiger partial charge in [-0.05, 0) is 40.9 Å². The third-order valence-corrected chi connectivity index (χ3v) is 5.30. The van der Waals surface area contributed by atoms with E-state index in [1.54, 1.807) is 16.0 Å². The van der Waals surface area contributed by atoms with Crippen LogP contribution in [0.2, 0.25) is 0 Å². The quantitative estimate of drug-likeness (QED) is 0.776. The number of thiophene rings is 1. The van der Waals surface area contributed by atoms with Crippen molar-refractivity contribution in [3.05, 3.63) is 37.7 Å². The Balaban J connectivity index is 2.21. The minimum atomic E-state index is 0.163. The molecule has 0 fully saturated rings. The van der Waals surface area contributed by atoms with Gasteiger partial charge in [-0.15, -0.1) is 11.3 Å². The Bertz CT molecular complexity index is 601. The van der Waals surface area contributed by atoms with Gasteiger partial charge < -0.3 is 0 Å². The van der Waals surface area contributed by atoms with E-state index in [0.29, 0.717) is 6.42 Å². The zero-order valence-corrected chi connectivity index (χ0v) is 13.8. The second kappa shape index (κ2) is 6.01. The van der Waals surface area contributed by atoms with Gasteiger partial charge in [0.25, 0.3) is 0 Å². The van der Waals surface area contributed by atoms with E-state index in [9.17, 15) is 4.79 Å². The average molecular weight is 341 g/mol. The molecule has 2 rings (SSSR count). The summed E-state index contributed by atoms with van der Waals surface area (Å²) in [6.45, 7) is 4.16. The summed E-state index contributed by atoms with van der Waals surface area (Å²) in [6.07, 6.45) is 2.24. The second-order valence-corrected chi connectivity index (χ2v) is 6.37. The molecule has 3 nitrogen and oxygen atoms in total. The SMILES string of the molecule is CCc1ccc(C(=O)Cc2c(Br)c(CC)nn2C)s1. The van der Waals surface area contributed by atoms with E-state index in [1.807, 2.05) is 19.2 Å². The number of carbonyl (C=O) groups is 1. The van der Waals surface area contributed by atoms with Crippen molar-refractivity contribution in [1.29, 1.82) is 0 Å². The normalized spacial score (nSPS) is 10.9. The minimum absolute atomic E-state index is 0.163. The molecule has 0 N–H and O–H groups in total. The largest absolute Gasteiger partial charge is 0.293 e. The maximum atomic E-state index is 12.3. The molecule has 0 bridgehead atoms. The smallest absolute Gasteiger partial charge is 0.178 e. The van der Waals surface area contributed by atoms with E-state index in [-0.39, 0.29) is 5.78 Å². The summed E-state index contributed by atoms with van der Waals surface area (Å²) in [5.41, 5.74) is 1.96. The van der Waals surface area contributed by atoms with Crippen LogP contribution in [0, 0.1) is 0 Å². The summed E-state index contributed by atoms with van der Waals surface area (Å²) in [5.74, 6) is 0.163. The Morgan fingerprint density at radius 2 is 2.11 bits per heavy atom. The number of hydrogen-bond acceptors (Lipinski definition) is 3. The minimum Gasteiger partial charge on any atom is -0.293 e. The Hall–Kier alpha value is -0.940. The summed E-state index contributed by atoms with van der Waals surface area (Å²) in [6, 6.07) is 3.96. The van der Waals surface area contributed by atoms with Gasteiger partial charge in [-0.2, -0.15) is 5.10 Å². The number of Topliss-reactive ketones (excluding diaryl/α,β-unsaturated/α-hetero) is 1. The maximum absolute atomic E-state index is 12.3. The second-order valence-electron chi connectivity index (χ2n) is 4.40. The van der Waals surface area contributed by atoms with Crippen LogP contribution in [0.15, 0.2) is 16.6 Å². The molecule has 0 saturated carbocycles. The van der Waals surface area contributed by atoms with Gasteiger partial charge >= 0.3 is 0 Å². The van der Waals surface area contributed by atoms with Crippen LogP contribution < -0.4 is 0 Å². The predicted octanol–water partition coefficient (Wildman–Crippen LogP) is 3.79. The van der Waals surface area contributed by atoms with Gasteiger partial charge in [0, 0.05) is 11.9 Å². The Morgan fingerprint density at radius 3 is 2.63 bits per heavy atom. The van der Waals surface area contributed by atoms with E-state index >= 15 is 0 Å². The molecule has 0 saturated heterocycles. The van der Waals surface area contributed by atoms with Crippen LogP contribution in [-0.2, 0) is 26.3 Å². The van der Waals surface area contributed by atoms with E-state index < -0.39 is 0 Å². The summed E-state index contributed by atoms with van der Waals surface area (Å²) in [4.78, 5) is 14.4. The molecule has 0 aliphatic rings. The van der Waals surface area contributed by atoms with Gasteiger partial charge in [0.1, 0.15) is 0 Å². The number of hydrogen-bond donors (Lipinski definition) is 0. The third kappa shape index (κ3) is 2.98. The van der Waals surface area contributed by atoms with Crippen LogP contribution in [0.4, 0.5) is 0 Å². The first-order valence-corrected chi connectivity index (χ1v) is 7.99. The first kappa shape index (κ1) is 14.5. The number of nitrogens with zero attached hydrogens (tertiary/aromatic N) is 2. The van der Waals surface area contributed by atoms with Crippen molar-refractivity contribution >= 4 is 33.0 Å². The van der Waals surface area contributed by atoms with Crippen LogP contribution >= 0.6 is 27.3 Å². The number of aryl methyl sites for hydroxylation is 3. The molecule has 0 aliphatic carbocycles. The van der Waals surface area contributed by atoms with E-state index in [2.05, 4.69) is 34.9 Å². The molecule has 0 aromatic carbocycles.